The average molecular weight is 297 g/mol. The van der Waals surface area contributed by atoms with E-state index in [0.29, 0.717) is 18.1 Å². The van der Waals surface area contributed by atoms with E-state index < -0.39 is 5.60 Å². The van der Waals surface area contributed by atoms with E-state index in [2.05, 4.69) is 0 Å². The number of hydrogen-bond acceptors (Lipinski definition) is 3. The van der Waals surface area contributed by atoms with Gasteiger partial charge in [-0.2, -0.15) is 0 Å². The quantitative estimate of drug-likeness (QED) is 0.867. The molecule has 2 rings (SSSR count). The van der Waals surface area contributed by atoms with E-state index in [9.17, 15) is 4.79 Å². The summed E-state index contributed by atoms with van der Waals surface area (Å²) in [5.74, 6) is 0.0984. The number of amides is 1. The first-order valence-corrected chi connectivity index (χ1v) is 7.13. The Hall–Kier alpha value is -1.26. The van der Waals surface area contributed by atoms with Crippen molar-refractivity contribution in [2.45, 2.75) is 38.3 Å². The van der Waals surface area contributed by atoms with Gasteiger partial charge in [-0.1, -0.05) is 23.7 Å². The number of rotatable bonds is 1. The number of carbonyl (C=O) groups excluding carboxylic acids is 1. The van der Waals surface area contributed by atoms with Gasteiger partial charge in [0.25, 0.3) is 0 Å². The molecule has 1 saturated heterocycles. The van der Waals surface area contributed by atoms with Crippen LogP contribution in [-0.4, -0.2) is 35.7 Å². The molecular weight excluding hydrogens is 276 g/mol. The second-order valence-electron chi connectivity index (χ2n) is 6.21. The largest absolute Gasteiger partial charge is 0.444 e. The summed E-state index contributed by atoms with van der Waals surface area (Å²) in [5, 5.41) is 0.686. The smallest absolute Gasteiger partial charge is 0.410 e. The van der Waals surface area contributed by atoms with Gasteiger partial charge in [-0.15, -0.1) is 0 Å². The van der Waals surface area contributed by atoms with Crippen molar-refractivity contribution in [3.05, 3.63) is 34.9 Å². The van der Waals surface area contributed by atoms with Crippen LogP contribution < -0.4 is 5.73 Å². The maximum atomic E-state index is 12.1. The Morgan fingerprint density at radius 3 is 2.70 bits per heavy atom. The van der Waals surface area contributed by atoms with Crippen LogP contribution in [0.15, 0.2) is 24.3 Å². The third kappa shape index (κ3) is 3.64. The fourth-order valence-electron chi connectivity index (χ4n) is 2.39. The topological polar surface area (TPSA) is 55.6 Å². The summed E-state index contributed by atoms with van der Waals surface area (Å²) < 4.78 is 5.38. The van der Waals surface area contributed by atoms with Gasteiger partial charge >= 0.3 is 6.09 Å². The summed E-state index contributed by atoms with van der Waals surface area (Å²) in [6.45, 7) is 6.64. The van der Waals surface area contributed by atoms with Crippen LogP contribution in [0.1, 0.15) is 32.3 Å². The van der Waals surface area contributed by atoms with Gasteiger partial charge in [0.2, 0.25) is 0 Å². The Bertz CT molecular complexity index is 499. The zero-order chi connectivity index (χ0) is 14.9. The van der Waals surface area contributed by atoms with Crippen molar-refractivity contribution in [1.29, 1.82) is 0 Å². The minimum absolute atomic E-state index is 0.0963. The number of carbonyl (C=O) groups is 1. The molecule has 0 radical (unpaired) electrons. The van der Waals surface area contributed by atoms with E-state index in [1.807, 2.05) is 45.0 Å². The second-order valence-corrected chi connectivity index (χ2v) is 6.65. The first-order valence-electron chi connectivity index (χ1n) is 6.75. The van der Waals surface area contributed by atoms with Crippen molar-refractivity contribution in [1.82, 2.24) is 4.90 Å². The predicted octanol–water partition coefficient (Wildman–Crippen LogP) is 3.00. The van der Waals surface area contributed by atoms with Gasteiger partial charge in [0.1, 0.15) is 5.60 Å². The highest BCUT2D eigenvalue weighted by Crippen LogP contribution is 2.29. The van der Waals surface area contributed by atoms with Crippen molar-refractivity contribution in [2.24, 2.45) is 5.73 Å². The maximum absolute atomic E-state index is 12.1. The fraction of sp³-hybridized carbons (Fsp3) is 0.533. The Morgan fingerprint density at radius 2 is 2.10 bits per heavy atom. The van der Waals surface area contributed by atoms with E-state index in [0.717, 1.165) is 5.56 Å². The van der Waals surface area contributed by atoms with Gasteiger partial charge in [0.05, 0.1) is 0 Å². The second kappa shape index (κ2) is 5.62. The molecule has 1 aromatic carbocycles. The molecule has 0 unspecified atom stereocenters. The van der Waals surface area contributed by atoms with Crippen LogP contribution in [0.5, 0.6) is 0 Å². The highest BCUT2D eigenvalue weighted by atomic mass is 35.5. The molecule has 2 atom stereocenters. The lowest BCUT2D eigenvalue weighted by Crippen LogP contribution is -2.36. The molecule has 0 bridgehead atoms. The number of hydrogen-bond donors (Lipinski definition) is 1. The molecule has 20 heavy (non-hydrogen) atoms. The SMILES string of the molecule is CC(C)(C)OC(=O)N1C[C@H](c2cccc(Cl)c2)[C@@H](N)C1. The molecule has 1 heterocycles. The minimum atomic E-state index is -0.491. The lowest BCUT2D eigenvalue weighted by molar-refractivity contribution is 0.0290. The van der Waals surface area contributed by atoms with E-state index in [1.54, 1.807) is 4.90 Å². The lowest BCUT2D eigenvalue weighted by atomic mass is 9.95. The van der Waals surface area contributed by atoms with Crippen LogP contribution in [0.2, 0.25) is 5.02 Å². The fourth-order valence-corrected chi connectivity index (χ4v) is 2.59. The molecule has 110 valence electrons. The van der Waals surface area contributed by atoms with E-state index >= 15 is 0 Å². The van der Waals surface area contributed by atoms with Crippen LogP contribution >= 0.6 is 11.6 Å². The van der Waals surface area contributed by atoms with Gasteiger partial charge in [0, 0.05) is 30.1 Å². The molecule has 1 aliphatic heterocycles. The molecule has 5 heteroatoms. The molecule has 2 N–H and O–H groups in total. The molecule has 1 aliphatic rings. The Labute approximate surface area is 124 Å². The molecule has 0 saturated carbocycles. The van der Waals surface area contributed by atoms with Crippen LogP contribution in [0.4, 0.5) is 4.79 Å². The summed E-state index contributed by atoms with van der Waals surface area (Å²) in [6.07, 6.45) is -0.308. The minimum Gasteiger partial charge on any atom is -0.444 e. The normalized spacial score (nSPS) is 22.9. The number of nitrogens with zero attached hydrogens (tertiary/aromatic N) is 1. The summed E-state index contributed by atoms with van der Waals surface area (Å²) in [5.41, 5.74) is 6.74. The number of benzene rings is 1. The van der Waals surface area contributed by atoms with Gasteiger partial charge < -0.3 is 15.4 Å². The number of nitrogens with two attached hydrogens (primary N) is 1. The Kier molecular flexibility index (Phi) is 4.25. The highest BCUT2D eigenvalue weighted by Gasteiger charge is 2.35. The number of likely N-dealkylation sites (tertiary alicyclic amines) is 1. The molecule has 0 aromatic heterocycles. The maximum Gasteiger partial charge on any atom is 0.410 e. The lowest BCUT2D eigenvalue weighted by Gasteiger charge is -2.24. The standard InChI is InChI=1S/C15H21ClN2O2/c1-15(2,3)20-14(19)18-8-12(13(17)9-18)10-5-4-6-11(16)7-10/h4-7,12-13H,8-9,17H2,1-3H3/t12-,13+/m1/s1. The van der Waals surface area contributed by atoms with E-state index in [4.69, 9.17) is 22.1 Å². The van der Waals surface area contributed by atoms with Crippen LogP contribution in [0.3, 0.4) is 0 Å². The first-order chi connectivity index (χ1) is 9.26. The van der Waals surface area contributed by atoms with Gasteiger partial charge in [0.15, 0.2) is 0 Å². The molecule has 1 fully saturated rings. The van der Waals surface area contributed by atoms with Gasteiger partial charge in [-0.3, -0.25) is 0 Å². The van der Waals surface area contributed by atoms with Crippen molar-refractivity contribution in [3.63, 3.8) is 0 Å². The van der Waals surface area contributed by atoms with Crippen LogP contribution in [0, 0.1) is 0 Å². The molecule has 4 nitrogen and oxygen atoms in total. The third-order valence-electron chi connectivity index (χ3n) is 3.29. The zero-order valence-corrected chi connectivity index (χ0v) is 12.9. The summed E-state index contributed by atoms with van der Waals surface area (Å²) in [4.78, 5) is 13.7. The molecule has 1 aromatic rings. The molecule has 1 amide bonds. The van der Waals surface area contributed by atoms with Crippen molar-refractivity contribution in [3.8, 4) is 0 Å². The van der Waals surface area contributed by atoms with Crippen molar-refractivity contribution >= 4 is 17.7 Å². The van der Waals surface area contributed by atoms with Gasteiger partial charge in [-0.05, 0) is 38.5 Å². The molecule has 0 aliphatic carbocycles. The predicted molar refractivity (Wildman–Crippen MR) is 80.0 cm³/mol. The van der Waals surface area contributed by atoms with Crippen LogP contribution in [-0.2, 0) is 4.74 Å². The Balaban J connectivity index is 2.07. The zero-order valence-electron chi connectivity index (χ0n) is 12.1. The summed E-state index contributed by atoms with van der Waals surface area (Å²) in [6, 6.07) is 7.54. The highest BCUT2D eigenvalue weighted by molar-refractivity contribution is 6.30. The monoisotopic (exact) mass is 296 g/mol. The summed E-state index contributed by atoms with van der Waals surface area (Å²) >= 11 is 6.01. The van der Waals surface area contributed by atoms with Crippen LogP contribution in [0.25, 0.3) is 0 Å². The van der Waals surface area contributed by atoms with Gasteiger partial charge in [-0.25, -0.2) is 4.79 Å². The Morgan fingerprint density at radius 1 is 1.40 bits per heavy atom. The van der Waals surface area contributed by atoms with Crippen molar-refractivity contribution in [2.75, 3.05) is 13.1 Å². The van der Waals surface area contributed by atoms with E-state index in [-0.39, 0.29) is 18.1 Å². The third-order valence-corrected chi connectivity index (χ3v) is 3.53. The number of halogens is 1. The number of ether oxygens (including phenoxy) is 1. The molecule has 0 spiro atoms. The van der Waals surface area contributed by atoms with Crippen molar-refractivity contribution < 1.29 is 9.53 Å². The first kappa shape index (κ1) is 15.1. The average Bonchev–Trinajstić information content (AvgIpc) is 2.69. The van der Waals surface area contributed by atoms with E-state index in [1.165, 1.54) is 0 Å². The summed E-state index contributed by atoms with van der Waals surface area (Å²) in [7, 11) is 0. The molecular formula is C15H21ClN2O2.